The summed E-state index contributed by atoms with van der Waals surface area (Å²) >= 11 is 0. The van der Waals surface area contributed by atoms with Gasteiger partial charge >= 0.3 is 12.1 Å². The van der Waals surface area contributed by atoms with Crippen LogP contribution in [0.15, 0.2) is 90.0 Å². The van der Waals surface area contributed by atoms with Crippen molar-refractivity contribution in [2.24, 2.45) is 7.05 Å². The molecule has 0 aliphatic carbocycles. The van der Waals surface area contributed by atoms with Gasteiger partial charge in [0.2, 0.25) is 5.88 Å². The second kappa shape index (κ2) is 14.4. The Morgan fingerprint density at radius 3 is 2.29 bits per heavy atom. The molecule has 13 nitrogen and oxygen atoms in total. The Bertz CT molecular complexity index is 2220. The number of hydrogen-bond acceptors (Lipinski definition) is 9. The molecule has 5 aromatic rings. The topological polar surface area (TPSA) is 164 Å². The largest absolute Gasteiger partial charge is 0.507 e. The van der Waals surface area contributed by atoms with Crippen molar-refractivity contribution in [2.75, 3.05) is 37.5 Å². The molecule has 0 bridgehead atoms. The fraction of sp³-hybridized carbons (Fsp3) is 0.229. The van der Waals surface area contributed by atoms with Gasteiger partial charge in [0, 0.05) is 57.3 Å². The van der Waals surface area contributed by atoms with Crippen LogP contribution in [0.2, 0.25) is 0 Å². The van der Waals surface area contributed by atoms with E-state index in [1.54, 1.807) is 40.8 Å². The molecule has 0 spiro atoms. The average molecular weight is 740 g/mol. The minimum absolute atomic E-state index is 0.0891. The smallest absolute Gasteiger partial charge is 0.422 e. The van der Waals surface area contributed by atoms with Crippen LogP contribution in [-0.2, 0) is 23.6 Å². The molecule has 17 heteroatoms. The lowest BCUT2D eigenvalue weighted by Crippen LogP contribution is -2.48. The van der Waals surface area contributed by atoms with Crippen molar-refractivity contribution in [1.29, 1.82) is 0 Å². The number of nitrogens with one attached hydrogen (secondary N) is 1. The number of alkyl halides is 3. The Kier molecular flexibility index (Phi) is 9.99. The van der Waals surface area contributed by atoms with Crippen molar-refractivity contribution in [2.45, 2.75) is 17.6 Å². The van der Waals surface area contributed by atoms with Gasteiger partial charge in [-0.3, -0.25) is 14.4 Å². The number of aromatic carboxylic acids is 1. The van der Waals surface area contributed by atoms with Crippen molar-refractivity contribution >= 4 is 38.5 Å². The van der Waals surface area contributed by atoms with Crippen LogP contribution in [0.3, 0.4) is 0 Å². The molecule has 0 atom stereocenters. The molecule has 0 saturated carbocycles. The van der Waals surface area contributed by atoms with Gasteiger partial charge in [-0.05, 0) is 60.2 Å². The van der Waals surface area contributed by atoms with Crippen LogP contribution in [-0.4, -0.2) is 88.8 Å². The molecule has 3 N–H and O–H groups in total. The van der Waals surface area contributed by atoms with Gasteiger partial charge < -0.3 is 29.2 Å². The number of fused-ring (bicyclic) bond motifs is 1. The van der Waals surface area contributed by atoms with E-state index >= 15 is 0 Å². The number of aromatic hydroxyl groups is 1. The number of sulfonamides is 1. The summed E-state index contributed by atoms with van der Waals surface area (Å²) in [5.74, 6) is -1.44. The molecule has 0 unspecified atom stereocenters. The van der Waals surface area contributed by atoms with Crippen LogP contribution in [0, 0.1) is 0 Å². The van der Waals surface area contributed by atoms with Crippen molar-refractivity contribution in [3.8, 4) is 23.1 Å². The third kappa shape index (κ3) is 8.38. The maximum absolute atomic E-state index is 13.5. The summed E-state index contributed by atoms with van der Waals surface area (Å²) < 4.78 is 77.6. The number of pyridine rings is 1. The zero-order valence-electron chi connectivity index (χ0n) is 27.5. The highest BCUT2D eigenvalue weighted by molar-refractivity contribution is 7.92. The third-order valence-corrected chi connectivity index (χ3v) is 9.73. The first kappa shape index (κ1) is 36.0. The summed E-state index contributed by atoms with van der Waals surface area (Å²) in [5, 5.41) is 19.7. The number of aryl methyl sites for hydroxylation is 1. The van der Waals surface area contributed by atoms with Gasteiger partial charge in [-0.15, -0.1) is 0 Å². The normalized spacial score (nSPS) is 14.0. The number of aromatic nitrogens is 2. The zero-order valence-corrected chi connectivity index (χ0v) is 28.3. The Hall–Kier alpha value is -5.81. The summed E-state index contributed by atoms with van der Waals surface area (Å²) in [6, 6.07) is 19.4. The SMILES string of the molecule is Cn1c(C(=O)N2CCN(Cc3ccc(OCC(F)(F)F)cc3)CC2)cc2ccc(Oc3ccc(NS(=O)(=O)c4ccc(O)c(C(=O)O)c4)cn3)cc21. The fourth-order valence-electron chi connectivity index (χ4n) is 5.65. The molecule has 1 saturated heterocycles. The zero-order chi connectivity index (χ0) is 37.2. The molecule has 2 aromatic heterocycles. The number of carboxylic acid groups (broad SMARTS) is 1. The Morgan fingerprint density at radius 2 is 1.63 bits per heavy atom. The van der Waals surface area contributed by atoms with Crippen molar-refractivity contribution in [3.05, 3.63) is 102 Å². The number of piperazine rings is 1. The standard InChI is InChI=1S/C35H32F3N5O8S/c1-41-29-17-26(51-32-11-5-24(19-39-32)40-52(48,49)27-9-10-31(44)28(18-27)34(46)47)8-4-23(29)16-30(41)33(45)43-14-12-42(13-15-43)20-22-2-6-25(7-3-22)50-21-35(36,37)38/h2-11,16-19,40,44H,12-15,20-21H2,1H3,(H,46,47). The van der Waals surface area contributed by atoms with Gasteiger partial charge in [0.1, 0.15) is 28.5 Å². The predicted molar refractivity (Wildman–Crippen MR) is 182 cm³/mol. The van der Waals surface area contributed by atoms with E-state index < -0.39 is 40.1 Å². The Labute approximate surface area is 295 Å². The molecule has 1 aliphatic rings. The third-order valence-electron chi connectivity index (χ3n) is 8.35. The lowest BCUT2D eigenvalue weighted by atomic mass is 10.2. The van der Waals surface area contributed by atoms with Crippen LogP contribution in [0.1, 0.15) is 26.4 Å². The van der Waals surface area contributed by atoms with Gasteiger partial charge in [0.25, 0.3) is 15.9 Å². The lowest BCUT2D eigenvalue weighted by Gasteiger charge is -2.34. The minimum atomic E-state index is -4.40. The second-order valence-corrected chi connectivity index (χ2v) is 13.7. The van der Waals surface area contributed by atoms with Crippen LogP contribution in [0.25, 0.3) is 10.9 Å². The Balaban J connectivity index is 1.05. The first-order valence-electron chi connectivity index (χ1n) is 15.8. The van der Waals surface area contributed by atoms with Crippen LogP contribution in [0.5, 0.6) is 23.1 Å². The van der Waals surface area contributed by atoms with Crippen molar-refractivity contribution in [1.82, 2.24) is 19.4 Å². The Morgan fingerprint density at radius 1 is 0.923 bits per heavy atom. The molecule has 1 fully saturated rings. The quantitative estimate of drug-likeness (QED) is 0.158. The van der Waals surface area contributed by atoms with Gasteiger partial charge in [-0.25, -0.2) is 18.2 Å². The highest BCUT2D eigenvalue weighted by Gasteiger charge is 2.29. The number of anilines is 1. The molecule has 272 valence electrons. The van der Waals surface area contributed by atoms with Gasteiger partial charge in [-0.1, -0.05) is 12.1 Å². The van der Waals surface area contributed by atoms with Crippen LogP contribution >= 0.6 is 0 Å². The summed E-state index contributed by atoms with van der Waals surface area (Å²) in [5.41, 5.74) is 1.68. The predicted octanol–water partition coefficient (Wildman–Crippen LogP) is 5.47. The van der Waals surface area contributed by atoms with E-state index in [-0.39, 0.29) is 28.1 Å². The molecule has 0 radical (unpaired) electrons. The lowest BCUT2D eigenvalue weighted by molar-refractivity contribution is -0.153. The first-order chi connectivity index (χ1) is 24.6. The summed E-state index contributed by atoms with van der Waals surface area (Å²) in [6.07, 6.45) is -3.17. The van der Waals surface area contributed by atoms with E-state index in [0.29, 0.717) is 44.2 Å². The summed E-state index contributed by atoms with van der Waals surface area (Å²) in [6.45, 7) is 1.48. The highest BCUT2D eigenvalue weighted by atomic mass is 32.2. The number of rotatable bonds is 11. The van der Waals surface area contributed by atoms with E-state index in [1.165, 1.54) is 30.5 Å². The number of amides is 1. The van der Waals surface area contributed by atoms with Crippen LogP contribution < -0.4 is 14.2 Å². The number of phenols is 1. The second-order valence-electron chi connectivity index (χ2n) is 12.0. The molecule has 52 heavy (non-hydrogen) atoms. The average Bonchev–Trinajstić information content (AvgIpc) is 3.43. The van der Waals surface area contributed by atoms with Gasteiger partial charge in [0.15, 0.2) is 6.61 Å². The van der Waals surface area contributed by atoms with Gasteiger partial charge in [-0.2, -0.15) is 13.2 Å². The fourth-order valence-corrected chi connectivity index (χ4v) is 6.72. The van der Waals surface area contributed by atoms with E-state index in [2.05, 4.69) is 14.6 Å². The number of hydrogen-bond donors (Lipinski definition) is 3. The number of ether oxygens (including phenoxy) is 2. The molecule has 3 aromatic carbocycles. The van der Waals surface area contributed by atoms with E-state index in [0.717, 1.165) is 34.7 Å². The number of nitrogens with zero attached hydrogens (tertiary/aromatic N) is 4. The molecular weight excluding hydrogens is 707 g/mol. The number of carboxylic acids is 1. The molecule has 1 aliphatic heterocycles. The molecule has 1 amide bonds. The molecule has 6 rings (SSSR count). The van der Waals surface area contributed by atoms with Crippen molar-refractivity contribution < 1.29 is 50.9 Å². The van der Waals surface area contributed by atoms with Crippen LogP contribution in [0.4, 0.5) is 18.9 Å². The monoisotopic (exact) mass is 739 g/mol. The van der Waals surface area contributed by atoms with Crippen molar-refractivity contribution in [3.63, 3.8) is 0 Å². The first-order valence-corrected chi connectivity index (χ1v) is 17.3. The molecule has 3 heterocycles. The molecular formula is C35H32F3N5O8S. The number of carbonyl (C=O) groups is 2. The van der Waals surface area contributed by atoms with E-state index in [4.69, 9.17) is 9.47 Å². The number of carbonyl (C=O) groups excluding carboxylic acids is 1. The highest BCUT2D eigenvalue weighted by Crippen LogP contribution is 2.29. The van der Waals surface area contributed by atoms with Gasteiger partial charge in [0.05, 0.1) is 22.3 Å². The summed E-state index contributed by atoms with van der Waals surface area (Å²) in [4.78, 5) is 32.6. The van der Waals surface area contributed by atoms with E-state index in [9.17, 15) is 41.4 Å². The minimum Gasteiger partial charge on any atom is -0.507 e. The summed E-state index contributed by atoms with van der Waals surface area (Å²) in [7, 11) is -2.41. The maximum Gasteiger partial charge on any atom is 0.422 e. The maximum atomic E-state index is 13.5. The number of halogens is 3. The number of benzene rings is 3. The van der Waals surface area contributed by atoms with E-state index in [1.807, 2.05) is 12.1 Å².